The Balaban J connectivity index is 1.79. The molecule has 0 bridgehead atoms. The molecule has 1 aromatic rings. The van der Waals surface area contributed by atoms with Crippen LogP contribution in [0.2, 0.25) is 0 Å². The Morgan fingerprint density at radius 1 is 1.36 bits per heavy atom. The molecule has 1 atom stereocenters. The molecule has 3 rings (SSSR count). The van der Waals surface area contributed by atoms with Crippen LogP contribution in [0.15, 0.2) is 18.2 Å². The fourth-order valence-corrected chi connectivity index (χ4v) is 4.33. The number of ketones is 1. The average molecular weight is 318 g/mol. The van der Waals surface area contributed by atoms with Gasteiger partial charge in [-0.2, -0.15) is 11.8 Å². The van der Waals surface area contributed by atoms with Gasteiger partial charge in [0.1, 0.15) is 5.54 Å². The van der Waals surface area contributed by atoms with Crippen LogP contribution in [0, 0.1) is 13.8 Å². The van der Waals surface area contributed by atoms with Crippen LogP contribution in [0.5, 0.6) is 0 Å². The van der Waals surface area contributed by atoms with Crippen molar-refractivity contribution in [2.75, 3.05) is 18.1 Å². The van der Waals surface area contributed by atoms with Gasteiger partial charge in [0.25, 0.3) is 5.91 Å². The molecular weight excluding hydrogens is 300 g/mol. The number of urea groups is 1. The molecule has 1 spiro atoms. The predicted molar refractivity (Wildman–Crippen MR) is 85.2 cm³/mol. The molecule has 3 amide bonds. The van der Waals surface area contributed by atoms with Crippen molar-refractivity contribution < 1.29 is 14.4 Å². The molecule has 2 fully saturated rings. The van der Waals surface area contributed by atoms with Gasteiger partial charge in [-0.1, -0.05) is 23.8 Å². The Morgan fingerprint density at radius 2 is 2.14 bits per heavy atom. The van der Waals surface area contributed by atoms with Crippen LogP contribution < -0.4 is 5.32 Å². The molecule has 2 saturated heterocycles. The maximum Gasteiger partial charge on any atom is 0.325 e. The van der Waals surface area contributed by atoms with Crippen molar-refractivity contribution in [1.29, 1.82) is 0 Å². The number of aryl methyl sites for hydroxylation is 2. The molecule has 5 nitrogen and oxygen atoms in total. The van der Waals surface area contributed by atoms with E-state index in [2.05, 4.69) is 5.32 Å². The van der Waals surface area contributed by atoms with Crippen LogP contribution in [0.4, 0.5) is 4.79 Å². The Labute approximate surface area is 133 Å². The third kappa shape index (κ3) is 2.41. The van der Waals surface area contributed by atoms with Gasteiger partial charge in [-0.3, -0.25) is 14.5 Å². The highest BCUT2D eigenvalue weighted by atomic mass is 32.2. The lowest BCUT2D eigenvalue weighted by molar-refractivity contribution is -0.130. The second-order valence-corrected chi connectivity index (χ2v) is 7.05. The van der Waals surface area contributed by atoms with E-state index in [-0.39, 0.29) is 18.2 Å². The zero-order valence-corrected chi connectivity index (χ0v) is 13.5. The van der Waals surface area contributed by atoms with Gasteiger partial charge in [0.15, 0.2) is 5.78 Å². The van der Waals surface area contributed by atoms with Crippen molar-refractivity contribution in [3.8, 4) is 0 Å². The molecule has 2 aliphatic rings. The third-order valence-corrected chi connectivity index (χ3v) is 5.44. The number of nitrogens with zero attached hydrogens (tertiary/aromatic N) is 1. The van der Waals surface area contributed by atoms with Crippen molar-refractivity contribution in [2.24, 2.45) is 0 Å². The zero-order chi connectivity index (χ0) is 15.9. The number of thioether (sulfide) groups is 1. The van der Waals surface area contributed by atoms with Crippen molar-refractivity contribution in [3.63, 3.8) is 0 Å². The van der Waals surface area contributed by atoms with Gasteiger partial charge >= 0.3 is 6.03 Å². The lowest BCUT2D eigenvalue weighted by Gasteiger charge is -2.19. The van der Waals surface area contributed by atoms with Gasteiger partial charge in [0.2, 0.25) is 0 Å². The lowest BCUT2D eigenvalue weighted by atomic mass is 9.98. The minimum absolute atomic E-state index is 0.193. The fraction of sp³-hybridized carbons (Fsp3) is 0.438. The first-order chi connectivity index (χ1) is 10.4. The summed E-state index contributed by atoms with van der Waals surface area (Å²) in [6.07, 6.45) is 0.635. The minimum Gasteiger partial charge on any atom is -0.322 e. The summed E-state index contributed by atoms with van der Waals surface area (Å²) >= 11 is 1.65. The van der Waals surface area contributed by atoms with Crippen molar-refractivity contribution in [3.05, 3.63) is 34.9 Å². The Kier molecular flexibility index (Phi) is 3.72. The van der Waals surface area contributed by atoms with E-state index in [9.17, 15) is 14.4 Å². The molecule has 0 radical (unpaired) electrons. The smallest absolute Gasteiger partial charge is 0.322 e. The number of carbonyl (C=O) groups excluding carboxylic acids is 3. The van der Waals surface area contributed by atoms with Gasteiger partial charge in [0, 0.05) is 11.3 Å². The normalized spacial score (nSPS) is 24.2. The van der Waals surface area contributed by atoms with Gasteiger partial charge in [0.05, 0.1) is 6.54 Å². The van der Waals surface area contributed by atoms with E-state index in [4.69, 9.17) is 0 Å². The summed E-state index contributed by atoms with van der Waals surface area (Å²) in [5, 5.41) is 2.77. The zero-order valence-electron chi connectivity index (χ0n) is 12.6. The van der Waals surface area contributed by atoms with E-state index in [1.165, 1.54) is 0 Å². The molecule has 0 aliphatic carbocycles. The number of amides is 3. The summed E-state index contributed by atoms with van der Waals surface area (Å²) in [6.45, 7) is 3.63. The molecule has 2 heterocycles. The van der Waals surface area contributed by atoms with Crippen LogP contribution in [0.1, 0.15) is 27.9 Å². The van der Waals surface area contributed by atoms with Crippen LogP contribution in [0.3, 0.4) is 0 Å². The van der Waals surface area contributed by atoms with E-state index >= 15 is 0 Å². The summed E-state index contributed by atoms with van der Waals surface area (Å²) in [6, 6.07) is 5.09. The molecule has 1 aromatic carbocycles. The van der Waals surface area contributed by atoms with E-state index in [0.29, 0.717) is 17.7 Å². The summed E-state index contributed by atoms with van der Waals surface area (Å²) < 4.78 is 0. The monoisotopic (exact) mass is 318 g/mol. The molecule has 0 unspecified atom stereocenters. The van der Waals surface area contributed by atoms with Crippen molar-refractivity contribution in [2.45, 2.75) is 25.8 Å². The molecule has 0 aromatic heterocycles. The molecule has 2 aliphatic heterocycles. The molecule has 116 valence electrons. The Morgan fingerprint density at radius 3 is 2.77 bits per heavy atom. The molecule has 1 N–H and O–H groups in total. The van der Waals surface area contributed by atoms with Crippen LogP contribution in [-0.2, 0) is 4.79 Å². The van der Waals surface area contributed by atoms with Crippen LogP contribution >= 0.6 is 11.8 Å². The number of hydrogen-bond donors (Lipinski definition) is 1. The SMILES string of the molecule is Cc1ccc(C(=O)CN2C(=O)N[C@@]3(CCSC3)C2=O)c(C)c1. The quantitative estimate of drug-likeness (QED) is 0.683. The number of rotatable bonds is 3. The van der Waals surface area contributed by atoms with Crippen molar-refractivity contribution in [1.82, 2.24) is 10.2 Å². The maximum atomic E-state index is 12.5. The first kappa shape index (κ1) is 15.1. The van der Waals surface area contributed by atoms with Gasteiger partial charge in [-0.05, 0) is 31.6 Å². The lowest BCUT2D eigenvalue weighted by Crippen LogP contribution is -2.47. The maximum absolute atomic E-state index is 12.5. The molecular formula is C16H18N2O3S. The topological polar surface area (TPSA) is 66.5 Å². The average Bonchev–Trinajstić information content (AvgIpc) is 3.00. The number of carbonyl (C=O) groups is 3. The highest BCUT2D eigenvalue weighted by molar-refractivity contribution is 7.99. The summed E-state index contributed by atoms with van der Waals surface area (Å²) in [5.74, 6) is 0.973. The number of hydrogen-bond acceptors (Lipinski definition) is 4. The number of nitrogens with one attached hydrogen (secondary N) is 1. The largest absolute Gasteiger partial charge is 0.325 e. The Bertz CT molecular complexity index is 665. The van der Waals surface area contributed by atoms with Crippen LogP contribution in [-0.4, -0.2) is 46.2 Å². The molecule has 22 heavy (non-hydrogen) atoms. The predicted octanol–water partition coefficient (Wildman–Crippen LogP) is 1.91. The minimum atomic E-state index is -0.787. The van der Waals surface area contributed by atoms with Crippen LogP contribution in [0.25, 0.3) is 0 Å². The Hall–Kier alpha value is -1.82. The summed E-state index contributed by atoms with van der Waals surface area (Å²) in [5.41, 5.74) is 1.71. The summed E-state index contributed by atoms with van der Waals surface area (Å²) in [4.78, 5) is 38.1. The number of benzene rings is 1. The van der Waals surface area contributed by atoms with Gasteiger partial charge in [-0.25, -0.2) is 4.79 Å². The van der Waals surface area contributed by atoms with E-state index in [0.717, 1.165) is 21.8 Å². The third-order valence-electron chi connectivity index (χ3n) is 4.25. The highest BCUT2D eigenvalue weighted by Gasteiger charge is 2.53. The standard InChI is InChI=1S/C16H18N2O3S/c1-10-3-4-12(11(2)7-10)13(19)8-18-14(20)16(17-15(18)21)5-6-22-9-16/h3-4,7H,5-6,8-9H2,1-2H3,(H,17,21)/t16-/m1/s1. The van der Waals surface area contributed by atoms with E-state index in [1.807, 2.05) is 26.0 Å². The van der Waals surface area contributed by atoms with Crippen molar-refractivity contribution >= 4 is 29.5 Å². The number of Topliss-reactive ketones (excluding diaryl/α,β-unsaturated/α-hetero) is 1. The highest BCUT2D eigenvalue weighted by Crippen LogP contribution is 2.33. The number of imide groups is 1. The second kappa shape index (κ2) is 5.43. The molecule has 0 saturated carbocycles. The van der Waals surface area contributed by atoms with E-state index in [1.54, 1.807) is 17.8 Å². The summed E-state index contributed by atoms with van der Waals surface area (Å²) in [7, 11) is 0. The van der Waals surface area contributed by atoms with Gasteiger partial charge in [-0.15, -0.1) is 0 Å². The molecule has 6 heteroatoms. The van der Waals surface area contributed by atoms with Gasteiger partial charge < -0.3 is 5.32 Å². The second-order valence-electron chi connectivity index (χ2n) is 5.95. The first-order valence-electron chi connectivity index (χ1n) is 7.25. The fourth-order valence-electron chi connectivity index (χ4n) is 3.01. The van der Waals surface area contributed by atoms with E-state index < -0.39 is 11.6 Å². The first-order valence-corrected chi connectivity index (χ1v) is 8.41.